The van der Waals surface area contributed by atoms with Crippen LogP contribution >= 0.6 is 0 Å². The van der Waals surface area contributed by atoms with Crippen LogP contribution in [0.3, 0.4) is 0 Å². The Morgan fingerprint density at radius 3 is 2.67 bits per heavy atom. The Labute approximate surface area is 173 Å². The van der Waals surface area contributed by atoms with Gasteiger partial charge in [-0.05, 0) is 45.6 Å². The molecule has 1 atom stereocenters. The Morgan fingerprint density at radius 1 is 1.23 bits per heavy atom. The summed E-state index contributed by atoms with van der Waals surface area (Å²) < 4.78 is 5.11. The number of hydrogen-bond donors (Lipinski definition) is 6. The van der Waals surface area contributed by atoms with Crippen molar-refractivity contribution in [2.24, 2.45) is 0 Å². The maximum absolute atomic E-state index is 10.3. The molecule has 0 radical (unpaired) electrons. The van der Waals surface area contributed by atoms with Crippen molar-refractivity contribution in [3.63, 3.8) is 0 Å². The van der Waals surface area contributed by atoms with E-state index in [0.717, 1.165) is 48.3 Å². The highest BCUT2D eigenvalue weighted by Gasteiger charge is 2.24. The van der Waals surface area contributed by atoms with Gasteiger partial charge in [0.25, 0.3) is 0 Å². The molecule has 160 valence electrons. The first-order valence-corrected chi connectivity index (χ1v) is 10.0. The average molecular weight is 413 g/mol. The molecule has 4 rings (SSSR count). The first kappa shape index (κ1) is 20.1. The fourth-order valence-electron chi connectivity index (χ4n) is 3.76. The Morgan fingerprint density at radius 2 is 2.00 bits per heavy atom. The maximum atomic E-state index is 10.3. The van der Waals surface area contributed by atoms with Gasteiger partial charge in [-0.2, -0.15) is 5.10 Å². The second-order valence-corrected chi connectivity index (χ2v) is 7.57. The summed E-state index contributed by atoms with van der Waals surface area (Å²) >= 11 is 0. The second kappa shape index (κ2) is 8.67. The number of aliphatic hydroxyl groups excluding tert-OH is 1. The Kier molecular flexibility index (Phi) is 5.81. The Hall–Kier alpha value is -3.18. The number of nitrogen functional groups attached to an aromatic ring is 1. The van der Waals surface area contributed by atoms with Gasteiger partial charge in [-0.25, -0.2) is 9.97 Å². The van der Waals surface area contributed by atoms with Crippen LogP contribution in [0.5, 0.6) is 0 Å². The molecule has 7 N–H and O–H groups in total. The molecule has 11 nitrogen and oxygen atoms in total. The number of aliphatic hydroxyl groups is 1. The van der Waals surface area contributed by atoms with Gasteiger partial charge < -0.3 is 26.0 Å². The van der Waals surface area contributed by atoms with Crippen LogP contribution in [0.15, 0.2) is 23.0 Å². The molecule has 1 aliphatic rings. The number of aryl methyl sites for hydroxylation is 2. The molecule has 1 fully saturated rings. The molecule has 0 aromatic carbocycles. The topological polar surface area (TPSA) is 163 Å². The number of aromatic amines is 1. The first-order chi connectivity index (χ1) is 14.5. The summed E-state index contributed by atoms with van der Waals surface area (Å²) in [6.45, 7) is 3.64. The molecule has 1 saturated carbocycles. The molecule has 0 bridgehead atoms. The molecule has 1 unspecified atom stereocenters. The zero-order valence-electron chi connectivity index (χ0n) is 17.0. The van der Waals surface area contributed by atoms with Crippen LogP contribution in [-0.4, -0.2) is 48.9 Å². The van der Waals surface area contributed by atoms with E-state index in [1.807, 2.05) is 13.8 Å². The monoisotopic (exact) mass is 413 g/mol. The second-order valence-electron chi connectivity index (χ2n) is 7.57. The summed E-state index contributed by atoms with van der Waals surface area (Å²) in [6, 6.07) is 2.29. The molecule has 1 aliphatic carbocycles. The predicted octanol–water partition coefficient (Wildman–Crippen LogP) is 1.75. The normalized spacial score (nSPS) is 20.1. The van der Waals surface area contributed by atoms with Crippen LogP contribution in [0.1, 0.15) is 37.1 Å². The van der Waals surface area contributed by atoms with Crippen LogP contribution < -0.4 is 21.7 Å². The van der Waals surface area contributed by atoms with Crippen LogP contribution in [0.2, 0.25) is 0 Å². The molecular formula is C19H27N9O2. The molecule has 0 saturated heterocycles. The fraction of sp³-hybridized carbons (Fsp3) is 0.474. The van der Waals surface area contributed by atoms with Gasteiger partial charge in [0.1, 0.15) is 17.2 Å². The molecule has 0 spiro atoms. The van der Waals surface area contributed by atoms with E-state index < -0.39 is 6.35 Å². The van der Waals surface area contributed by atoms with Crippen LogP contribution in [0, 0.1) is 13.8 Å². The van der Waals surface area contributed by atoms with Gasteiger partial charge in [0.15, 0.2) is 12.1 Å². The van der Waals surface area contributed by atoms with Crippen molar-refractivity contribution in [1.29, 1.82) is 0 Å². The molecule has 0 aliphatic heterocycles. The zero-order valence-corrected chi connectivity index (χ0v) is 17.0. The molecule has 30 heavy (non-hydrogen) atoms. The lowest BCUT2D eigenvalue weighted by molar-refractivity contribution is 0.136. The van der Waals surface area contributed by atoms with Gasteiger partial charge in [0, 0.05) is 18.3 Å². The molecule has 11 heteroatoms. The van der Waals surface area contributed by atoms with Crippen molar-refractivity contribution in [1.82, 2.24) is 30.6 Å². The van der Waals surface area contributed by atoms with E-state index in [-0.39, 0.29) is 12.1 Å². The molecule has 3 heterocycles. The number of rotatable bonds is 7. The highest BCUT2D eigenvalue weighted by Crippen LogP contribution is 2.25. The third-order valence-corrected chi connectivity index (χ3v) is 5.37. The summed E-state index contributed by atoms with van der Waals surface area (Å²) in [4.78, 5) is 8.88. The molecule has 0 amide bonds. The highest BCUT2D eigenvalue weighted by molar-refractivity contribution is 5.70. The lowest BCUT2D eigenvalue weighted by atomic mass is 9.91. The number of nitrogens with zero attached hydrogens (tertiary/aromatic N) is 4. The summed E-state index contributed by atoms with van der Waals surface area (Å²) in [5, 5.41) is 30.5. The van der Waals surface area contributed by atoms with Gasteiger partial charge in [-0.15, -0.1) is 0 Å². The number of H-pyrrole nitrogens is 1. The summed E-state index contributed by atoms with van der Waals surface area (Å²) in [7, 11) is 0. The minimum absolute atomic E-state index is 0.212. The lowest BCUT2D eigenvalue weighted by Crippen LogP contribution is -2.46. The minimum Gasteiger partial charge on any atom is -0.384 e. The number of hydrogen-bond acceptors (Lipinski definition) is 10. The third-order valence-electron chi connectivity index (χ3n) is 5.37. The Bertz CT molecular complexity index is 959. The number of anilines is 3. The van der Waals surface area contributed by atoms with E-state index >= 15 is 0 Å². The van der Waals surface area contributed by atoms with Crippen molar-refractivity contribution in [3.05, 3.63) is 29.9 Å². The van der Waals surface area contributed by atoms with Gasteiger partial charge >= 0.3 is 0 Å². The molecule has 3 aromatic heterocycles. The maximum Gasteiger partial charge on any atom is 0.223 e. The number of nitrogens with two attached hydrogens (primary N) is 1. The van der Waals surface area contributed by atoms with Gasteiger partial charge in [0.05, 0.1) is 17.5 Å². The molecular weight excluding hydrogens is 386 g/mol. The minimum atomic E-state index is -0.864. The number of nitrogens with one attached hydrogen (secondary N) is 4. The summed E-state index contributed by atoms with van der Waals surface area (Å²) in [6.07, 6.45) is 6.23. The van der Waals surface area contributed by atoms with E-state index in [9.17, 15) is 5.11 Å². The van der Waals surface area contributed by atoms with Crippen LogP contribution in [0.25, 0.3) is 11.3 Å². The van der Waals surface area contributed by atoms with E-state index in [2.05, 4.69) is 41.3 Å². The summed E-state index contributed by atoms with van der Waals surface area (Å²) in [5.74, 6) is 1.71. The standard InChI is InChI=1S/C19H27N9O2/c1-10-16(11(2)30-28-10)26-19(29)24-13-5-3-12(4-6-13)23-18-21-8-7-15(25-18)14-9-22-27-17(14)20/h7-9,12-13,19,24,26,29H,3-6H2,1-2H3,(H3,20,22,27)(H,21,23,25)/t12-,13+,19?. The van der Waals surface area contributed by atoms with Crippen molar-refractivity contribution in [3.8, 4) is 11.3 Å². The Balaban J connectivity index is 1.27. The van der Waals surface area contributed by atoms with Crippen molar-refractivity contribution < 1.29 is 9.63 Å². The van der Waals surface area contributed by atoms with Crippen LogP contribution in [0.4, 0.5) is 17.5 Å². The smallest absolute Gasteiger partial charge is 0.223 e. The SMILES string of the molecule is Cc1noc(C)c1NC(O)N[C@H]1CC[C@@H](Nc2nccc(-c3cn[nH]c3N)n2)CC1. The third kappa shape index (κ3) is 4.52. The van der Waals surface area contributed by atoms with Gasteiger partial charge in [-0.1, -0.05) is 5.16 Å². The van der Waals surface area contributed by atoms with Crippen molar-refractivity contribution in [2.75, 3.05) is 16.4 Å². The van der Waals surface area contributed by atoms with E-state index in [0.29, 0.717) is 17.5 Å². The van der Waals surface area contributed by atoms with E-state index in [4.69, 9.17) is 10.3 Å². The van der Waals surface area contributed by atoms with E-state index in [1.54, 1.807) is 18.5 Å². The molecule has 3 aromatic rings. The average Bonchev–Trinajstić information content (AvgIpc) is 3.30. The largest absolute Gasteiger partial charge is 0.384 e. The summed E-state index contributed by atoms with van der Waals surface area (Å²) in [5.41, 5.74) is 8.81. The van der Waals surface area contributed by atoms with Gasteiger partial charge in [0.2, 0.25) is 5.95 Å². The quantitative estimate of drug-likeness (QED) is 0.315. The zero-order chi connectivity index (χ0) is 21.1. The predicted molar refractivity (Wildman–Crippen MR) is 112 cm³/mol. The van der Waals surface area contributed by atoms with Crippen LogP contribution in [-0.2, 0) is 0 Å². The van der Waals surface area contributed by atoms with Crippen molar-refractivity contribution >= 4 is 17.5 Å². The fourth-order valence-corrected chi connectivity index (χ4v) is 3.76. The van der Waals surface area contributed by atoms with Crippen molar-refractivity contribution in [2.45, 2.75) is 58.0 Å². The first-order valence-electron chi connectivity index (χ1n) is 10.0. The van der Waals surface area contributed by atoms with E-state index in [1.165, 1.54) is 0 Å². The number of aromatic nitrogens is 5. The highest BCUT2D eigenvalue weighted by atomic mass is 16.5. The van der Waals surface area contributed by atoms with Gasteiger partial charge in [-0.3, -0.25) is 10.4 Å². The lowest BCUT2D eigenvalue weighted by Gasteiger charge is -2.31.